The second kappa shape index (κ2) is 9.85. The first-order valence-electron chi connectivity index (χ1n) is 6.02. The lowest BCUT2D eigenvalue weighted by atomic mass is 10.1. The molecule has 3 heteroatoms. The summed E-state index contributed by atoms with van der Waals surface area (Å²) in [5.41, 5.74) is 1.64. The van der Waals surface area contributed by atoms with Gasteiger partial charge in [0.25, 0.3) is 0 Å². The highest BCUT2D eigenvalue weighted by Gasteiger charge is 1.98. The number of carbonyl (C=O) groups is 1. The smallest absolute Gasteiger partial charge is 0.246 e. The molecule has 0 rings (SSSR count). The first-order valence-corrected chi connectivity index (χ1v) is 6.02. The number of allylic oxidation sites excluding steroid dienone is 2. The quantitative estimate of drug-likeness (QED) is 0.347. The van der Waals surface area contributed by atoms with Gasteiger partial charge in [0.15, 0.2) is 0 Å². The maximum absolute atomic E-state index is 11.1. The van der Waals surface area contributed by atoms with Gasteiger partial charge in [0, 0.05) is 12.1 Å². The Morgan fingerprint density at radius 1 is 1.18 bits per heavy atom. The van der Waals surface area contributed by atoms with Gasteiger partial charge in [0.05, 0.1) is 0 Å². The highest BCUT2D eigenvalue weighted by atomic mass is 16.1. The van der Waals surface area contributed by atoms with Crippen LogP contribution in [-0.2, 0) is 4.79 Å². The van der Waals surface area contributed by atoms with Crippen molar-refractivity contribution in [3.8, 4) is 0 Å². The van der Waals surface area contributed by atoms with Gasteiger partial charge in [-0.15, -0.1) is 0 Å². The highest BCUT2D eigenvalue weighted by Crippen LogP contribution is 2.00. The maximum Gasteiger partial charge on any atom is 0.246 e. The van der Waals surface area contributed by atoms with Gasteiger partial charge in [-0.3, -0.25) is 4.79 Å². The lowest BCUT2D eigenvalue weighted by molar-refractivity contribution is -0.117. The van der Waals surface area contributed by atoms with E-state index in [-0.39, 0.29) is 5.91 Å². The second-order valence-corrected chi connectivity index (χ2v) is 4.11. The van der Waals surface area contributed by atoms with Crippen molar-refractivity contribution in [3.63, 3.8) is 0 Å². The van der Waals surface area contributed by atoms with E-state index in [0.29, 0.717) is 12.1 Å². The van der Waals surface area contributed by atoms with E-state index in [0.717, 1.165) is 37.9 Å². The molecule has 0 aliphatic carbocycles. The molecule has 0 unspecified atom stereocenters. The topological polar surface area (TPSA) is 41.1 Å². The fourth-order valence-corrected chi connectivity index (χ4v) is 1.23. The number of hydrogen-bond acceptors (Lipinski definition) is 2. The van der Waals surface area contributed by atoms with Crippen molar-refractivity contribution in [2.75, 3.05) is 19.6 Å². The van der Waals surface area contributed by atoms with Crippen molar-refractivity contribution in [2.24, 2.45) is 0 Å². The first-order chi connectivity index (χ1) is 8.07. The Morgan fingerprint density at radius 2 is 1.82 bits per heavy atom. The molecule has 1 amide bonds. The summed E-state index contributed by atoms with van der Waals surface area (Å²) >= 11 is 0. The number of carbonyl (C=O) groups excluding carboxylic acids is 1. The van der Waals surface area contributed by atoms with Crippen molar-refractivity contribution in [3.05, 3.63) is 37.0 Å². The Morgan fingerprint density at radius 3 is 2.41 bits per heavy atom. The van der Waals surface area contributed by atoms with E-state index in [9.17, 15) is 4.79 Å². The van der Waals surface area contributed by atoms with Crippen molar-refractivity contribution in [1.29, 1.82) is 0 Å². The van der Waals surface area contributed by atoms with Crippen LogP contribution < -0.4 is 10.6 Å². The minimum absolute atomic E-state index is 0.0627. The van der Waals surface area contributed by atoms with Crippen LogP contribution in [0.2, 0.25) is 0 Å². The Balaban J connectivity index is 3.24. The van der Waals surface area contributed by atoms with Crippen LogP contribution in [0.3, 0.4) is 0 Å². The molecule has 96 valence electrons. The summed E-state index contributed by atoms with van der Waals surface area (Å²) in [5.74, 6) is -0.0627. The molecular formula is C14H24N2O. The third kappa shape index (κ3) is 9.57. The van der Waals surface area contributed by atoms with Crippen molar-refractivity contribution < 1.29 is 4.79 Å². The molecule has 0 aliphatic heterocycles. The number of rotatable bonds is 10. The lowest BCUT2D eigenvalue weighted by Gasteiger charge is -2.06. The summed E-state index contributed by atoms with van der Waals surface area (Å²) < 4.78 is 0. The van der Waals surface area contributed by atoms with Crippen molar-refractivity contribution in [2.45, 2.75) is 26.2 Å². The van der Waals surface area contributed by atoms with Crippen LogP contribution in [0, 0.1) is 0 Å². The normalized spacial score (nSPS) is 9.71. The summed E-state index contributed by atoms with van der Waals surface area (Å²) in [7, 11) is 0. The van der Waals surface area contributed by atoms with E-state index in [4.69, 9.17) is 0 Å². The number of amides is 1. The van der Waals surface area contributed by atoms with Gasteiger partial charge in [-0.05, 0) is 39.3 Å². The van der Waals surface area contributed by atoms with E-state index in [2.05, 4.69) is 30.4 Å². The molecule has 0 bridgehead atoms. The second-order valence-electron chi connectivity index (χ2n) is 4.11. The average Bonchev–Trinajstić information content (AvgIpc) is 2.31. The predicted octanol–water partition coefficient (Wildman–Crippen LogP) is 2.18. The van der Waals surface area contributed by atoms with E-state index < -0.39 is 0 Å². The summed E-state index contributed by atoms with van der Waals surface area (Å²) in [4.78, 5) is 11.1. The zero-order chi connectivity index (χ0) is 13.1. The number of hydrogen-bond donors (Lipinski definition) is 2. The first kappa shape index (κ1) is 15.7. The molecule has 0 saturated heterocycles. The van der Waals surface area contributed by atoms with Crippen LogP contribution >= 0.6 is 0 Å². The SMILES string of the molecule is C=CC(=C)CCCNCCCNC(=O)C(=C)C. The van der Waals surface area contributed by atoms with Gasteiger partial charge in [0.1, 0.15) is 0 Å². The molecule has 3 nitrogen and oxygen atoms in total. The minimum atomic E-state index is -0.0627. The van der Waals surface area contributed by atoms with Gasteiger partial charge in [0.2, 0.25) is 5.91 Å². The molecule has 0 radical (unpaired) electrons. The van der Waals surface area contributed by atoms with Crippen LogP contribution in [-0.4, -0.2) is 25.5 Å². The minimum Gasteiger partial charge on any atom is -0.352 e. The third-order valence-corrected chi connectivity index (χ3v) is 2.34. The zero-order valence-corrected chi connectivity index (χ0v) is 10.8. The molecule has 0 atom stereocenters. The Bertz CT molecular complexity index is 282. The molecule has 0 heterocycles. The molecule has 0 aliphatic rings. The van der Waals surface area contributed by atoms with Crippen molar-refractivity contribution in [1.82, 2.24) is 10.6 Å². The van der Waals surface area contributed by atoms with E-state index in [1.807, 2.05) is 0 Å². The molecule has 0 aromatic rings. The summed E-state index contributed by atoms with van der Waals surface area (Å²) in [6.07, 6.45) is 4.79. The molecule has 2 N–H and O–H groups in total. The highest BCUT2D eigenvalue weighted by molar-refractivity contribution is 5.91. The fraction of sp³-hybridized carbons (Fsp3) is 0.500. The summed E-state index contributed by atoms with van der Waals surface area (Å²) in [5, 5.41) is 6.11. The van der Waals surface area contributed by atoms with E-state index >= 15 is 0 Å². The molecule has 0 aromatic heterocycles. The van der Waals surface area contributed by atoms with Gasteiger partial charge in [-0.2, -0.15) is 0 Å². The summed E-state index contributed by atoms with van der Waals surface area (Å²) in [6, 6.07) is 0. The fourth-order valence-electron chi connectivity index (χ4n) is 1.23. The molecule has 0 fully saturated rings. The molecule has 0 aromatic carbocycles. The van der Waals surface area contributed by atoms with Crippen LogP contribution in [0.1, 0.15) is 26.2 Å². The predicted molar refractivity (Wildman–Crippen MR) is 73.9 cm³/mol. The zero-order valence-electron chi connectivity index (χ0n) is 10.8. The van der Waals surface area contributed by atoms with Gasteiger partial charge in [-0.1, -0.05) is 31.4 Å². The summed E-state index contributed by atoms with van der Waals surface area (Å²) in [6.45, 7) is 15.4. The molecular weight excluding hydrogens is 212 g/mol. The average molecular weight is 236 g/mol. The molecule has 17 heavy (non-hydrogen) atoms. The van der Waals surface area contributed by atoms with Crippen LogP contribution in [0.15, 0.2) is 37.0 Å². The standard InChI is InChI=1S/C14H24N2O/c1-5-13(4)8-6-9-15-10-7-11-16-14(17)12(2)3/h5,15H,1-2,4,6-11H2,3H3,(H,16,17). The number of nitrogens with one attached hydrogen (secondary N) is 2. The Hall–Kier alpha value is -1.35. The van der Waals surface area contributed by atoms with E-state index in [1.54, 1.807) is 13.0 Å². The Kier molecular flexibility index (Phi) is 9.06. The van der Waals surface area contributed by atoms with Crippen LogP contribution in [0.5, 0.6) is 0 Å². The maximum atomic E-state index is 11.1. The van der Waals surface area contributed by atoms with Gasteiger partial charge < -0.3 is 10.6 Å². The third-order valence-electron chi connectivity index (χ3n) is 2.34. The monoisotopic (exact) mass is 236 g/mol. The lowest BCUT2D eigenvalue weighted by Crippen LogP contribution is -2.27. The van der Waals surface area contributed by atoms with Crippen LogP contribution in [0.25, 0.3) is 0 Å². The molecule has 0 spiro atoms. The van der Waals surface area contributed by atoms with Gasteiger partial charge >= 0.3 is 0 Å². The van der Waals surface area contributed by atoms with E-state index in [1.165, 1.54) is 0 Å². The molecule has 0 saturated carbocycles. The Labute approximate surface area is 105 Å². The van der Waals surface area contributed by atoms with Crippen molar-refractivity contribution >= 4 is 5.91 Å². The van der Waals surface area contributed by atoms with Gasteiger partial charge in [-0.25, -0.2) is 0 Å². The van der Waals surface area contributed by atoms with Crippen LogP contribution in [0.4, 0.5) is 0 Å². The largest absolute Gasteiger partial charge is 0.352 e.